The van der Waals surface area contributed by atoms with Gasteiger partial charge in [0.05, 0.1) is 0 Å². The van der Waals surface area contributed by atoms with Crippen LogP contribution in [0.25, 0.3) is 0 Å². The lowest BCUT2D eigenvalue weighted by Crippen LogP contribution is -2.59. The van der Waals surface area contributed by atoms with Crippen molar-refractivity contribution in [1.29, 1.82) is 0 Å². The molecule has 0 spiro atoms. The molecule has 3 unspecified atom stereocenters. The van der Waals surface area contributed by atoms with Crippen molar-refractivity contribution < 1.29 is 0 Å². The van der Waals surface area contributed by atoms with Crippen LogP contribution in [-0.4, -0.2) is 36.1 Å². The standard InChI is InChI=1S/C18H28N2/c1-3-18-12-19-17(11-15-7-5-4-6-8-15)13-20(18)14(2)16-9-10-16/h4-8,14,16-19H,3,9-13H2,1-2H3. The largest absolute Gasteiger partial charge is 0.311 e. The van der Waals surface area contributed by atoms with E-state index in [1.54, 1.807) is 0 Å². The maximum absolute atomic E-state index is 3.77. The second-order valence-electron chi connectivity index (χ2n) is 6.63. The van der Waals surface area contributed by atoms with Gasteiger partial charge in [-0.2, -0.15) is 0 Å². The molecule has 110 valence electrons. The molecular weight excluding hydrogens is 244 g/mol. The summed E-state index contributed by atoms with van der Waals surface area (Å²) in [7, 11) is 0. The number of benzene rings is 1. The molecule has 20 heavy (non-hydrogen) atoms. The Labute approximate surface area is 123 Å². The third-order valence-electron chi connectivity index (χ3n) is 5.17. The van der Waals surface area contributed by atoms with Crippen molar-refractivity contribution in [3.05, 3.63) is 35.9 Å². The molecule has 1 aromatic carbocycles. The number of hydrogen-bond donors (Lipinski definition) is 1. The first-order valence-electron chi connectivity index (χ1n) is 8.31. The summed E-state index contributed by atoms with van der Waals surface area (Å²) in [5, 5.41) is 3.77. The maximum atomic E-state index is 3.77. The second-order valence-corrected chi connectivity index (χ2v) is 6.63. The molecule has 0 bridgehead atoms. The van der Waals surface area contributed by atoms with Crippen molar-refractivity contribution in [2.75, 3.05) is 13.1 Å². The molecule has 2 nitrogen and oxygen atoms in total. The highest BCUT2D eigenvalue weighted by Crippen LogP contribution is 2.36. The fourth-order valence-electron chi connectivity index (χ4n) is 3.65. The Morgan fingerprint density at radius 1 is 1.25 bits per heavy atom. The first-order valence-corrected chi connectivity index (χ1v) is 8.31. The molecule has 3 atom stereocenters. The predicted octanol–water partition coefficient (Wildman–Crippen LogP) is 3.08. The van der Waals surface area contributed by atoms with Gasteiger partial charge in [0.2, 0.25) is 0 Å². The molecule has 1 heterocycles. The third kappa shape index (κ3) is 3.24. The Bertz CT molecular complexity index is 411. The summed E-state index contributed by atoms with van der Waals surface area (Å²) in [6.07, 6.45) is 5.32. The fraction of sp³-hybridized carbons (Fsp3) is 0.667. The lowest BCUT2D eigenvalue weighted by atomic mass is 9.98. The number of piperazine rings is 1. The highest BCUT2D eigenvalue weighted by molar-refractivity contribution is 5.16. The van der Waals surface area contributed by atoms with E-state index in [9.17, 15) is 0 Å². The van der Waals surface area contributed by atoms with Gasteiger partial charge < -0.3 is 5.32 Å². The van der Waals surface area contributed by atoms with Crippen LogP contribution in [0.2, 0.25) is 0 Å². The molecule has 1 N–H and O–H groups in total. The van der Waals surface area contributed by atoms with Crippen LogP contribution in [0.5, 0.6) is 0 Å². The molecule has 0 radical (unpaired) electrons. The van der Waals surface area contributed by atoms with E-state index in [4.69, 9.17) is 0 Å². The zero-order valence-corrected chi connectivity index (χ0v) is 12.9. The van der Waals surface area contributed by atoms with E-state index in [1.165, 1.54) is 31.4 Å². The average Bonchev–Trinajstić information content (AvgIpc) is 3.32. The monoisotopic (exact) mass is 272 g/mol. The molecule has 1 aliphatic heterocycles. The van der Waals surface area contributed by atoms with E-state index in [1.807, 2.05) is 0 Å². The van der Waals surface area contributed by atoms with Gasteiger partial charge in [-0.25, -0.2) is 0 Å². The summed E-state index contributed by atoms with van der Waals surface area (Å²) in [5.74, 6) is 0.972. The van der Waals surface area contributed by atoms with Crippen molar-refractivity contribution >= 4 is 0 Å². The van der Waals surface area contributed by atoms with E-state index in [0.29, 0.717) is 6.04 Å². The molecule has 1 aromatic rings. The van der Waals surface area contributed by atoms with Crippen molar-refractivity contribution in [1.82, 2.24) is 10.2 Å². The molecule has 2 fully saturated rings. The van der Waals surface area contributed by atoms with Crippen molar-refractivity contribution in [3.63, 3.8) is 0 Å². The summed E-state index contributed by atoms with van der Waals surface area (Å²) in [6.45, 7) is 7.15. The fourth-order valence-corrected chi connectivity index (χ4v) is 3.65. The minimum atomic E-state index is 0.612. The van der Waals surface area contributed by atoms with Gasteiger partial charge in [-0.3, -0.25) is 4.90 Å². The summed E-state index contributed by atoms with van der Waals surface area (Å²) in [5.41, 5.74) is 1.46. The van der Waals surface area contributed by atoms with E-state index in [-0.39, 0.29) is 0 Å². The topological polar surface area (TPSA) is 15.3 Å². The number of nitrogens with zero attached hydrogens (tertiary/aromatic N) is 1. The van der Waals surface area contributed by atoms with E-state index >= 15 is 0 Å². The molecule has 1 saturated carbocycles. The van der Waals surface area contributed by atoms with Crippen molar-refractivity contribution in [3.8, 4) is 0 Å². The van der Waals surface area contributed by atoms with Crippen LogP contribution < -0.4 is 5.32 Å². The van der Waals surface area contributed by atoms with Crippen LogP contribution in [0.3, 0.4) is 0 Å². The van der Waals surface area contributed by atoms with Crippen LogP contribution in [0.1, 0.15) is 38.7 Å². The van der Waals surface area contributed by atoms with Crippen LogP contribution in [0.4, 0.5) is 0 Å². The smallest absolute Gasteiger partial charge is 0.0236 e. The highest BCUT2D eigenvalue weighted by Gasteiger charge is 2.37. The Morgan fingerprint density at radius 2 is 2.00 bits per heavy atom. The van der Waals surface area contributed by atoms with Gasteiger partial charge in [-0.15, -0.1) is 0 Å². The predicted molar refractivity (Wildman–Crippen MR) is 84.9 cm³/mol. The molecule has 1 aliphatic carbocycles. The van der Waals surface area contributed by atoms with Crippen molar-refractivity contribution in [2.24, 2.45) is 5.92 Å². The average molecular weight is 272 g/mol. The summed E-state index contributed by atoms with van der Waals surface area (Å²) >= 11 is 0. The third-order valence-corrected chi connectivity index (χ3v) is 5.17. The lowest BCUT2D eigenvalue weighted by Gasteiger charge is -2.44. The molecule has 1 saturated heterocycles. The molecule has 0 aromatic heterocycles. The Kier molecular flexibility index (Phi) is 4.42. The molecule has 2 heteroatoms. The quantitative estimate of drug-likeness (QED) is 0.886. The van der Waals surface area contributed by atoms with E-state index in [2.05, 4.69) is 54.4 Å². The Hall–Kier alpha value is -0.860. The van der Waals surface area contributed by atoms with Crippen LogP contribution in [-0.2, 0) is 6.42 Å². The number of rotatable bonds is 5. The maximum Gasteiger partial charge on any atom is 0.0236 e. The second kappa shape index (κ2) is 6.28. The zero-order chi connectivity index (χ0) is 13.9. The van der Waals surface area contributed by atoms with Gasteiger partial charge in [0.25, 0.3) is 0 Å². The van der Waals surface area contributed by atoms with Crippen molar-refractivity contribution in [2.45, 2.75) is 57.7 Å². The van der Waals surface area contributed by atoms with Crippen LogP contribution in [0, 0.1) is 5.92 Å². The molecule has 0 amide bonds. The minimum Gasteiger partial charge on any atom is -0.311 e. The van der Waals surface area contributed by atoms with Gasteiger partial charge in [-0.05, 0) is 44.1 Å². The van der Waals surface area contributed by atoms with E-state index < -0.39 is 0 Å². The number of hydrogen-bond acceptors (Lipinski definition) is 2. The molecular formula is C18H28N2. The highest BCUT2D eigenvalue weighted by atomic mass is 15.3. The zero-order valence-electron chi connectivity index (χ0n) is 12.9. The van der Waals surface area contributed by atoms with Gasteiger partial charge >= 0.3 is 0 Å². The summed E-state index contributed by atoms with van der Waals surface area (Å²) < 4.78 is 0. The van der Waals surface area contributed by atoms with Gasteiger partial charge in [0.15, 0.2) is 0 Å². The van der Waals surface area contributed by atoms with Gasteiger partial charge in [-0.1, -0.05) is 37.3 Å². The van der Waals surface area contributed by atoms with Gasteiger partial charge in [0, 0.05) is 31.2 Å². The normalized spacial score (nSPS) is 29.3. The first-order chi connectivity index (χ1) is 9.78. The first kappa shape index (κ1) is 14.1. The van der Waals surface area contributed by atoms with E-state index in [0.717, 1.165) is 31.0 Å². The summed E-state index contributed by atoms with van der Waals surface area (Å²) in [4.78, 5) is 2.79. The molecule has 3 rings (SSSR count). The van der Waals surface area contributed by atoms with Crippen LogP contribution >= 0.6 is 0 Å². The summed E-state index contributed by atoms with van der Waals surface area (Å²) in [6, 6.07) is 13.0. The molecule has 2 aliphatic rings. The SMILES string of the molecule is CCC1CNC(Cc2ccccc2)CN1C(C)C1CC1. The number of nitrogens with one attached hydrogen (secondary N) is 1. The Balaban J connectivity index is 1.63. The van der Waals surface area contributed by atoms with Crippen LogP contribution in [0.15, 0.2) is 30.3 Å². The minimum absolute atomic E-state index is 0.612. The van der Waals surface area contributed by atoms with Gasteiger partial charge in [0.1, 0.15) is 0 Å². The lowest BCUT2D eigenvalue weighted by molar-refractivity contribution is 0.0762. The Morgan fingerprint density at radius 3 is 2.65 bits per heavy atom.